The standard InChI is InChI=1S/C12H11N3OS/c1-7-3-2-4-9-11(7)15-12(16-9)8-6-17-10(5-13)14-8/h2-4,6H,5,13H2,1H3. The van der Waals surface area contributed by atoms with Gasteiger partial charge >= 0.3 is 0 Å². The van der Waals surface area contributed by atoms with E-state index in [0.717, 1.165) is 27.4 Å². The minimum atomic E-state index is 0.448. The Morgan fingerprint density at radius 3 is 2.94 bits per heavy atom. The van der Waals surface area contributed by atoms with Gasteiger partial charge < -0.3 is 10.2 Å². The molecule has 2 heterocycles. The fraction of sp³-hybridized carbons (Fsp3) is 0.167. The number of benzene rings is 1. The number of hydrogen-bond acceptors (Lipinski definition) is 5. The highest BCUT2D eigenvalue weighted by molar-refractivity contribution is 7.09. The van der Waals surface area contributed by atoms with Crippen LogP contribution in [-0.4, -0.2) is 9.97 Å². The average molecular weight is 245 g/mol. The topological polar surface area (TPSA) is 64.9 Å². The van der Waals surface area contributed by atoms with Gasteiger partial charge in [0.1, 0.15) is 16.2 Å². The van der Waals surface area contributed by atoms with Crippen LogP contribution in [0.3, 0.4) is 0 Å². The summed E-state index contributed by atoms with van der Waals surface area (Å²) in [6.07, 6.45) is 0. The minimum absolute atomic E-state index is 0.448. The second kappa shape index (κ2) is 3.94. The molecule has 3 rings (SSSR count). The smallest absolute Gasteiger partial charge is 0.247 e. The van der Waals surface area contributed by atoms with E-state index in [0.29, 0.717) is 12.4 Å². The number of hydrogen-bond donors (Lipinski definition) is 1. The maximum absolute atomic E-state index is 5.68. The number of rotatable bonds is 2. The molecule has 3 aromatic rings. The Morgan fingerprint density at radius 2 is 2.24 bits per heavy atom. The highest BCUT2D eigenvalue weighted by Gasteiger charge is 2.12. The van der Waals surface area contributed by atoms with Crippen LogP contribution in [0.25, 0.3) is 22.7 Å². The van der Waals surface area contributed by atoms with Crippen molar-refractivity contribution in [2.45, 2.75) is 13.5 Å². The van der Waals surface area contributed by atoms with E-state index in [4.69, 9.17) is 10.2 Å². The minimum Gasteiger partial charge on any atom is -0.435 e. The summed E-state index contributed by atoms with van der Waals surface area (Å²) in [4.78, 5) is 8.83. The van der Waals surface area contributed by atoms with Gasteiger partial charge in [0.15, 0.2) is 5.58 Å². The van der Waals surface area contributed by atoms with Crippen molar-refractivity contribution in [1.82, 2.24) is 9.97 Å². The van der Waals surface area contributed by atoms with Crippen molar-refractivity contribution < 1.29 is 4.42 Å². The van der Waals surface area contributed by atoms with E-state index in [1.807, 2.05) is 30.5 Å². The third kappa shape index (κ3) is 1.73. The first-order valence-corrected chi connectivity index (χ1v) is 6.17. The Morgan fingerprint density at radius 1 is 1.35 bits per heavy atom. The number of thiazole rings is 1. The fourth-order valence-corrected chi connectivity index (χ4v) is 2.35. The lowest BCUT2D eigenvalue weighted by molar-refractivity contribution is 0.617. The van der Waals surface area contributed by atoms with Gasteiger partial charge in [0, 0.05) is 11.9 Å². The highest BCUT2D eigenvalue weighted by atomic mass is 32.1. The summed E-state index contributed by atoms with van der Waals surface area (Å²) < 4.78 is 5.68. The molecule has 0 unspecified atom stereocenters. The molecule has 0 spiro atoms. The Balaban J connectivity index is 2.14. The monoisotopic (exact) mass is 245 g/mol. The van der Waals surface area contributed by atoms with E-state index >= 15 is 0 Å². The molecule has 0 aliphatic carbocycles. The Kier molecular flexibility index (Phi) is 2.42. The normalized spacial score (nSPS) is 11.2. The van der Waals surface area contributed by atoms with E-state index < -0.39 is 0 Å². The van der Waals surface area contributed by atoms with E-state index in [-0.39, 0.29) is 0 Å². The first kappa shape index (κ1) is 10.4. The second-order valence-corrected chi connectivity index (χ2v) is 4.71. The van der Waals surface area contributed by atoms with Crippen LogP contribution in [0.4, 0.5) is 0 Å². The first-order chi connectivity index (χ1) is 8.28. The number of aryl methyl sites for hydroxylation is 1. The molecule has 0 amide bonds. The van der Waals surface area contributed by atoms with Crippen molar-refractivity contribution in [3.63, 3.8) is 0 Å². The third-order valence-electron chi connectivity index (χ3n) is 2.57. The number of aromatic nitrogens is 2. The Labute approximate surface area is 102 Å². The van der Waals surface area contributed by atoms with Gasteiger partial charge in [0.2, 0.25) is 5.89 Å². The number of nitrogens with two attached hydrogens (primary N) is 1. The lowest BCUT2D eigenvalue weighted by atomic mass is 10.2. The molecule has 0 fully saturated rings. The van der Waals surface area contributed by atoms with Gasteiger partial charge in [-0.15, -0.1) is 11.3 Å². The van der Waals surface area contributed by atoms with Gasteiger partial charge in [-0.05, 0) is 18.6 Å². The molecule has 4 nitrogen and oxygen atoms in total. The van der Waals surface area contributed by atoms with E-state index in [1.54, 1.807) is 0 Å². The second-order valence-electron chi connectivity index (χ2n) is 3.77. The van der Waals surface area contributed by atoms with Crippen LogP contribution in [0, 0.1) is 6.92 Å². The summed E-state index contributed by atoms with van der Waals surface area (Å²) in [7, 11) is 0. The van der Waals surface area contributed by atoms with E-state index in [9.17, 15) is 0 Å². The molecule has 0 saturated carbocycles. The number of nitrogens with zero attached hydrogens (tertiary/aromatic N) is 2. The molecule has 2 aromatic heterocycles. The molecule has 5 heteroatoms. The lowest BCUT2D eigenvalue weighted by Crippen LogP contribution is -1.94. The molecular weight excluding hydrogens is 234 g/mol. The van der Waals surface area contributed by atoms with Crippen LogP contribution in [0.15, 0.2) is 28.0 Å². The van der Waals surface area contributed by atoms with Crippen LogP contribution in [0.2, 0.25) is 0 Å². The van der Waals surface area contributed by atoms with Crippen LogP contribution in [-0.2, 0) is 6.54 Å². The summed E-state index contributed by atoms with van der Waals surface area (Å²) in [6, 6.07) is 5.88. The summed E-state index contributed by atoms with van der Waals surface area (Å²) in [5, 5.41) is 2.81. The third-order valence-corrected chi connectivity index (χ3v) is 3.44. The molecule has 0 aliphatic heterocycles. The lowest BCUT2D eigenvalue weighted by Gasteiger charge is -1.88. The SMILES string of the molecule is Cc1cccc2oc(-c3csc(CN)n3)nc12. The molecule has 0 saturated heterocycles. The summed E-state index contributed by atoms with van der Waals surface area (Å²) in [5.74, 6) is 0.560. The van der Waals surface area contributed by atoms with E-state index in [2.05, 4.69) is 9.97 Å². The average Bonchev–Trinajstić information content (AvgIpc) is 2.95. The van der Waals surface area contributed by atoms with Crippen LogP contribution >= 0.6 is 11.3 Å². The van der Waals surface area contributed by atoms with Crippen LogP contribution in [0.5, 0.6) is 0 Å². The number of para-hydroxylation sites is 1. The molecule has 17 heavy (non-hydrogen) atoms. The Hall–Kier alpha value is -1.72. The van der Waals surface area contributed by atoms with Crippen molar-refractivity contribution in [3.8, 4) is 11.6 Å². The van der Waals surface area contributed by atoms with Gasteiger partial charge in [-0.25, -0.2) is 9.97 Å². The molecule has 0 radical (unpaired) electrons. The quantitative estimate of drug-likeness (QED) is 0.754. The van der Waals surface area contributed by atoms with Crippen molar-refractivity contribution in [2.75, 3.05) is 0 Å². The predicted molar refractivity (Wildman–Crippen MR) is 67.7 cm³/mol. The predicted octanol–water partition coefficient (Wildman–Crippen LogP) is 2.72. The van der Waals surface area contributed by atoms with Crippen molar-refractivity contribution in [1.29, 1.82) is 0 Å². The van der Waals surface area contributed by atoms with Crippen LogP contribution < -0.4 is 5.73 Å². The number of fused-ring (bicyclic) bond motifs is 1. The summed E-state index contributed by atoms with van der Waals surface area (Å²) in [6.45, 7) is 2.46. The van der Waals surface area contributed by atoms with Crippen LogP contribution in [0.1, 0.15) is 10.6 Å². The molecule has 1 aromatic carbocycles. The molecule has 86 valence electrons. The molecule has 0 bridgehead atoms. The zero-order valence-electron chi connectivity index (χ0n) is 9.30. The summed E-state index contributed by atoms with van der Waals surface area (Å²) >= 11 is 1.52. The van der Waals surface area contributed by atoms with E-state index in [1.165, 1.54) is 11.3 Å². The molecular formula is C12H11N3OS. The van der Waals surface area contributed by atoms with Crippen molar-refractivity contribution in [3.05, 3.63) is 34.2 Å². The van der Waals surface area contributed by atoms with Gasteiger partial charge in [0.05, 0.1) is 0 Å². The first-order valence-electron chi connectivity index (χ1n) is 5.29. The fourth-order valence-electron chi connectivity index (χ4n) is 1.70. The van der Waals surface area contributed by atoms with Gasteiger partial charge in [-0.1, -0.05) is 12.1 Å². The maximum atomic E-state index is 5.68. The van der Waals surface area contributed by atoms with Gasteiger partial charge in [0.25, 0.3) is 0 Å². The number of oxazole rings is 1. The van der Waals surface area contributed by atoms with Crippen molar-refractivity contribution in [2.24, 2.45) is 5.73 Å². The molecule has 2 N–H and O–H groups in total. The summed E-state index contributed by atoms with van der Waals surface area (Å²) in [5.41, 5.74) is 9.08. The molecule has 0 atom stereocenters. The highest BCUT2D eigenvalue weighted by Crippen LogP contribution is 2.26. The zero-order chi connectivity index (χ0) is 11.8. The molecule has 0 aliphatic rings. The van der Waals surface area contributed by atoms with Crippen molar-refractivity contribution >= 4 is 22.4 Å². The Bertz CT molecular complexity index is 671. The zero-order valence-corrected chi connectivity index (χ0v) is 10.1. The largest absolute Gasteiger partial charge is 0.435 e. The van der Waals surface area contributed by atoms with Gasteiger partial charge in [-0.3, -0.25) is 0 Å². The van der Waals surface area contributed by atoms with Gasteiger partial charge in [-0.2, -0.15) is 0 Å². The maximum Gasteiger partial charge on any atom is 0.247 e.